The highest BCUT2D eigenvalue weighted by molar-refractivity contribution is 6.09. The maximum atomic E-state index is 6.56. The van der Waals surface area contributed by atoms with Gasteiger partial charge in [0.15, 0.2) is 0 Å². The Balaban J connectivity index is 1.01. The van der Waals surface area contributed by atoms with Crippen molar-refractivity contribution in [3.63, 3.8) is 0 Å². The molecule has 70 heavy (non-hydrogen) atoms. The van der Waals surface area contributed by atoms with Gasteiger partial charge < -0.3 is 9.32 Å². The first-order valence-corrected chi connectivity index (χ1v) is 24.2. The molecule has 0 radical (unpaired) electrons. The summed E-state index contributed by atoms with van der Waals surface area (Å²) in [6.45, 7) is 0. The van der Waals surface area contributed by atoms with Gasteiger partial charge in [0.05, 0.1) is 10.8 Å². The van der Waals surface area contributed by atoms with Crippen molar-refractivity contribution in [1.82, 2.24) is 0 Å². The van der Waals surface area contributed by atoms with E-state index in [1.807, 2.05) is 6.07 Å². The SMILES string of the molecule is c1ccc(C2(c3ccccc3)c3ccccc3-c3cc(N(c4ccc(-c5cccc6c5oc5ccccc56)cc4)c4ccc5c(c4)C(c4ccccc4)(c4ccccc4)c4ccccc4-5)ccc32)cc1. The number of hydrogen-bond acceptors (Lipinski definition) is 2. The molecule has 328 valence electrons. The lowest BCUT2D eigenvalue weighted by Crippen LogP contribution is -2.28. The van der Waals surface area contributed by atoms with Gasteiger partial charge in [-0.2, -0.15) is 0 Å². The zero-order chi connectivity index (χ0) is 46.2. The van der Waals surface area contributed by atoms with Crippen molar-refractivity contribution in [3.05, 3.63) is 317 Å². The van der Waals surface area contributed by atoms with Crippen LogP contribution in [0.25, 0.3) is 55.3 Å². The number of fused-ring (bicyclic) bond motifs is 9. The van der Waals surface area contributed by atoms with Gasteiger partial charge in [-0.3, -0.25) is 0 Å². The molecule has 0 atom stereocenters. The van der Waals surface area contributed by atoms with Crippen LogP contribution >= 0.6 is 0 Å². The molecule has 0 amide bonds. The number of para-hydroxylation sites is 2. The zero-order valence-electron chi connectivity index (χ0n) is 38.3. The molecule has 0 fully saturated rings. The minimum Gasteiger partial charge on any atom is -0.455 e. The normalized spacial score (nSPS) is 13.7. The number of benzene rings is 11. The van der Waals surface area contributed by atoms with Crippen LogP contribution in [-0.4, -0.2) is 0 Å². The lowest BCUT2D eigenvalue weighted by Gasteiger charge is -2.35. The summed E-state index contributed by atoms with van der Waals surface area (Å²) in [5.41, 5.74) is 21.3. The third-order valence-corrected chi connectivity index (χ3v) is 15.2. The first kappa shape index (κ1) is 40.1. The molecule has 0 unspecified atom stereocenters. The zero-order valence-corrected chi connectivity index (χ0v) is 38.3. The quantitative estimate of drug-likeness (QED) is 0.151. The highest BCUT2D eigenvalue weighted by Crippen LogP contribution is 2.59. The Morgan fingerprint density at radius 2 is 0.700 bits per heavy atom. The van der Waals surface area contributed by atoms with E-state index >= 15 is 0 Å². The highest BCUT2D eigenvalue weighted by atomic mass is 16.3. The van der Waals surface area contributed by atoms with E-state index in [1.165, 1.54) is 66.8 Å². The van der Waals surface area contributed by atoms with E-state index in [9.17, 15) is 0 Å². The minimum absolute atomic E-state index is 0.499. The fourth-order valence-corrected chi connectivity index (χ4v) is 12.4. The number of nitrogens with zero attached hydrogens (tertiary/aromatic N) is 1. The Bertz CT molecular complexity index is 3850. The Labute approximate surface area is 408 Å². The van der Waals surface area contributed by atoms with Gasteiger partial charge in [0, 0.05) is 33.4 Å². The van der Waals surface area contributed by atoms with Gasteiger partial charge in [-0.15, -0.1) is 0 Å². The molecule has 0 N–H and O–H groups in total. The smallest absolute Gasteiger partial charge is 0.143 e. The van der Waals surface area contributed by atoms with Crippen LogP contribution in [0.5, 0.6) is 0 Å². The third kappa shape index (κ3) is 5.74. The van der Waals surface area contributed by atoms with Gasteiger partial charge in [0.25, 0.3) is 0 Å². The van der Waals surface area contributed by atoms with Crippen LogP contribution in [0.3, 0.4) is 0 Å². The second-order valence-electron chi connectivity index (χ2n) is 18.7. The maximum Gasteiger partial charge on any atom is 0.143 e. The largest absolute Gasteiger partial charge is 0.455 e. The van der Waals surface area contributed by atoms with Crippen LogP contribution in [0.4, 0.5) is 17.1 Å². The molecule has 1 aromatic heterocycles. The number of furan rings is 1. The number of hydrogen-bond donors (Lipinski definition) is 0. The van der Waals surface area contributed by atoms with Crippen molar-refractivity contribution in [2.75, 3.05) is 4.90 Å². The van der Waals surface area contributed by atoms with E-state index < -0.39 is 10.8 Å². The monoisotopic (exact) mass is 891 g/mol. The predicted molar refractivity (Wildman–Crippen MR) is 288 cm³/mol. The van der Waals surface area contributed by atoms with E-state index in [2.05, 4.69) is 272 Å². The number of anilines is 3. The Morgan fingerprint density at radius 3 is 1.31 bits per heavy atom. The summed E-state index contributed by atoms with van der Waals surface area (Å²) in [6.07, 6.45) is 0. The van der Waals surface area contributed by atoms with Crippen LogP contribution in [0.2, 0.25) is 0 Å². The van der Waals surface area contributed by atoms with Gasteiger partial charge in [0.2, 0.25) is 0 Å². The second kappa shape index (κ2) is 15.8. The third-order valence-electron chi connectivity index (χ3n) is 15.2. The summed E-state index contributed by atoms with van der Waals surface area (Å²) in [6, 6.07) is 100. The molecule has 0 aliphatic heterocycles. The molecule has 14 rings (SSSR count). The van der Waals surface area contributed by atoms with Crippen LogP contribution in [0, 0.1) is 0 Å². The molecule has 12 aromatic rings. The molecular weight excluding hydrogens is 847 g/mol. The van der Waals surface area contributed by atoms with Crippen molar-refractivity contribution in [2.24, 2.45) is 0 Å². The highest BCUT2D eigenvalue weighted by Gasteiger charge is 2.48. The Hall–Kier alpha value is -8.98. The summed E-state index contributed by atoms with van der Waals surface area (Å²) >= 11 is 0. The van der Waals surface area contributed by atoms with Crippen molar-refractivity contribution in [2.45, 2.75) is 10.8 Å². The average Bonchev–Trinajstić information content (AvgIpc) is 4.07. The summed E-state index contributed by atoms with van der Waals surface area (Å²) in [5.74, 6) is 0. The van der Waals surface area contributed by atoms with E-state index in [1.54, 1.807) is 0 Å². The topological polar surface area (TPSA) is 16.4 Å². The van der Waals surface area contributed by atoms with E-state index in [-0.39, 0.29) is 0 Å². The van der Waals surface area contributed by atoms with Crippen LogP contribution in [0.1, 0.15) is 44.5 Å². The van der Waals surface area contributed by atoms with Crippen LogP contribution in [-0.2, 0) is 10.8 Å². The minimum atomic E-state index is -0.549. The summed E-state index contributed by atoms with van der Waals surface area (Å²) < 4.78 is 6.56. The molecule has 2 aliphatic carbocycles. The van der Waals surface area contributed by atoms with Gasteiger partial charge in [0.1, 0.15) is 11.2 Å². The molecule has 1 heterocycles. The average molecular weight is 892 g/mol. The molecule has 2 nitrogen and oxygen atoms in total. The van der Waals surface area contributed by atoms with E-state index in [0.29, 0.717) is 0 Å². The molecule has 2 aliphatic rings. The van der Waals surface area contributed by atoms with Gasteiger partial charge in [-0.25, -0.2) is 0 Å². The van der Waals surface area contributed by atoms with Gasteiger partial charge in [-0.1, -0.05) is 231 Å². The molecule has 0 bridgehead atoms. The summed E-state index contributed by atoms with van der Waals surface area (Å²) in [5, 5.41) is 2.25. The standard InChI is InChI=1S/C68H45NO/c1-5-20-47(21-6-1)67(48-22-7-2-8-23-48)62-34-17-14-29-56(62)60-44-52(41-43-63(60)67)69(51-38-36-46(37-39-51)54-31-19-32-59-58-30-15-18-35-65(58)70-66(54)59)53-40-42-57-55-28-13-16-33-61(55)68(64(57)45-53,49-24-9-3-10-25-49)50-26-11-4-12-27-50/h1-45H. The molecule has 11 aromatic carbocycles. The predicted octanol–water partition coefficient (Wildman–Crippen LogP) is 17.4. The van der Waals surface area contributed by atoms with E-state index in [0.717, 1.165) is 50.1 Å². The van der Waals surface area contributed by atoms with Gasteiger partial charge >= 0.3 is 0 Å². The van der Waals surface area contributed by atoms with Crippen LogP contribution < -0.4 is 4.90 Å². The molecule has 0 saturated carbocycles. The van der Waals surface area contributed by atoms with E-state index in [4.69, 9.17) is 4.42 Å². The fraction of sp³-hybridized carbons (Fsp3) is 0.0294. The van der Waals surface area contributed by atoms with Crippen LogP contribution in [0.15, 0.2) is 277 Å². The Kier molecular flexibility index (Phi) is 9.06. The first-order valence-electron chi connectivity index (χ1n) is 24.2. The van der Waals surface area contributed by atoms with Crippen molar-refractivity contribution in [1.29, 1.82) is 0 Å². The van der Waals surface area contributed by atoms with Crippen molar-refractivity contribution < 1.29 is 4.42 Å². The molecular formula is C68H45NO. The first-order chi connectivity index (χ1) is 34.7. The molecule has 0 saturated heterocycles. The summed E-state index contributed by atoms with van der Waals surface area (Å²) in [4.78, 5) is 2.46. The van der Waals surface area contributed by atoms with Crippen molar-refractivity contribution >= 4 is 39.0 Å². The van der Waals surface area contributed by atoms with Gasteiger partial charge in [-0.05, 0) is 115 Å². The molecule has 0 spiro atoms. The van der Waals surface area contributed by atoms with Crippen molar-refractivity contribution in [3.8, 4) is 33.4 Å². The lowest BCUT2D eigenvalue weighted by molar-refractivity contribution is 0.670. The maximum absolute atomic E-state index is 6.56. The second-order valence-corrected chi connectivity index (χ2v) is 18.7. The Morgan fingerprint density at radius 1 is 0.271 bits per heavy atom. The lowest BCUT2D eigenvalue weighted by atomic mass is 9.67. The fourth-order valence-electron chi connectivity index (χ4n) is 12.4. The summed E-state index contributed by atoms with van der Waals surface area (Å²) in [7, 11) is 0. The number of rotatable bonds is 8. The molecule has 2 heteroatoms.